The number of amides is 1. The first-order chi connectivity index (χ1) is 14.2. The highest BCUT2D eigenvalue weighted by molar-refractivity contribution is 5.92. The fourth-order valence-electron chi connectivity index (χ4n) is 3.73. The summed E-state index contributed by atoms with van der Waals surface area (Å²) in [6, 6.07) is 8.14. The Morgan fingerprint density at radius 3 is 2.48 bits per heavy atom. The minimum absolute atomic E-state index is 0.0477. The second-order valence-corrected chi connectivity index (χ2v) is 7.25. The molecule has 0 bridgehead atoms. The predicted octanol–water partition coefficient (Wildman–Crippen LogP) is 1.83. The maximum absolute atomic E-state index is 12.7. The molecule has 154 valence electrons. The maximum atomic E-state index is 12.7. The van der Waals surface area contributed by atoms with Crippen molar-refractivity contribution >= 4 is 23.1 Å². The van der Waals surface area contributed by atoms with Gasteiger partial charge in [0.05, 0.1) is 37.0 Å². The number of morpholine rings is 1. The first kappa shape index (κ1) is 19.6. The monoisotopic (exact) mass is 396 g/mol. The minimum Gasteiger partial charge on any atom is -0.378 e. The molecule has 1 aromatic heterocycles. The Balaban J connectivity index is 1.42. The Morgan fingerprint density at radius 2 is 1.79 bits per heavy atom. The van der Waals surface area contributed by atoms with Crippen molar-refractivity contribution in [3.63, 3.8) is 0 Å². The molecule has 3 heterocycles. The van der Waals surface area contributed by atoms with E-state index in [1.165, 1.54) is 0 Å². The van der Waals surface area contributed by atoms with E-state index in [1.807, 2.05) is 23.1 Å². The van der Waals surface area contributed by atoms with Gasteiger partial charge in [0, 0.05) is 39.3 Å². The third-order valence-corrected chi connectivity index (χ3v) is 5.50. The number of anilines is 3. The van der Waals surface area contributed by atoms with Gasteiger partial charge in [0.2, 0.25) is 0 Å². The molecule has 8 heteroatoms. The number of benzene rings is 1. The number of para-hydroxylation sites is 2. The van der Waals surface area contributed by atoms with Crippen LogP contribution >= 0.6 is 0 Å². The molecule has 0 radical (unpaired) electrons. The summed E-state index contributed by atoms with van der Waals surface area (Å²) in [4.78, 5) is 28.0. The van der Waals surface area contributed by atoms with E-state index in [0.717, 1.165) is 70.4 Å². The van der Waals surface area contributed by atoms with Crippen molar-refractivity contribution < 1.29 is 9.53 Å². The number of nitrogens with one attached hydrogen (secondary N) is 1. The second kappa shape index (κ2) is 9.19. The third kappa shape index (κ3) is 4.65. The van der Waals surface area contributed by atoms with Crippen molar-refractivity contribution in [1.29, 1.82) is 0 Å². The van der Waals surface area contributed by atoms with E-state index in [9.17, 15) is 4.79 Å². The lowest BCUT2D eigenvalue weighted by Gasteiger charge is -2.33. The third-order valence-electron chi connectivity index (χ3n) is 5.50. The molecule has 2 aliphatic rings. The van der Waals surface area contributed by atoms with Gasteiger partial charge in [0.25, 0.3) is 5.91 Å². The molecule has 2 aliphatic heterocycles. The number of hydrogen-bond donors (Lipinski definition) is 1. The number of carbonyl (C=O) groups is 1. The summed E-state index contributed by atoms with van der Waals surface area (Å²) >= 11 is 0. The number of aromatic nitrogens is 2. The van der Waals surface area contributed by atoms with Crippen LogP contribution in [-0.2, 0) is 4.74 Å². The first-order valence-electron chi connectivity index (χ1n) is 10.3. The number of rotatable bonds is 5. The van der Waals surface area contributed by atoms with Gasteiger partial charge in [-0.1, -0.05) is 19.1 Å². The van der Waals surface area contributed by atoms with Crippen molar-refractivity contribution in [3.8, 4) is 0 Å². The van der Waals surface area contributed by atoms with Gasteiger partial charge in [-0.25, -0.2) is 9.97 Å². The van der Waals surface area contributed by atoms with Crippen LogP contribution in [0.25, 0.3) is 0 Å². The van der Waals surface area contributed by atoms with Crippen molar-refractivity contribution in [1.82, 2.24) is 19.8 Å². The van der Waals surface area contributed by atoms with Gasteiger partial charge in [-0.3, -0.25) is 4.79 Å². The zero-order chi connectivity index (χ0) is 20.1. The van der Waals surface area contributed by atoms with E-state index in [1.54, 1.807) is 12.4 Å². The van der Waals surface area contributed by atoms with Crippen LogP contribution in [0.4, 0.5) is 17.2 Å². The number of ether oxygens (including phenoxy) is 1. The lowest BCUT2D eigenvalue weighted by atomic mass is 10.2. The summed E-state index contributed by atoms with van der Waals surface area (Å²) in [7, 11) is 0. The van der Waals surface area contributed by atoms with Crippen LogP contribution in [0, 0.1) is 0 Å². The van der Waals surface area contributed by atoms with E-state index >= 15 is 0 Å². The van der Waals surface area contributed by atoms with Crippen LogP contribution in [0.2, 0.25) is 0 Å². The van der Waals surface area contributed by atoms with Crippen LogP contribution < -0.4 is 10.2 Å². The molecule has 8 nitrogen and oxygen atoms in total. The standard InChI is InChI=1S/C21H28N6O2/c1-2-25-7-9-27(10-8-25)21(28)18-15-23-20(16-22-18)24-17-5-3-4-6-19(17)26-11-13-29-14-12-26/h3-6,15-16H,2,7-14H2,1H3,(H,23,24). The van der Waals surface area contributed by atoms with Gasteiger partial charge in [0.15, 0.2) is 0 Å². The van der Waals surface area contributed by atoms with E-state index in [-0.39, 0.29) is 5.91 Å². The average molecular weight is 396 g/mol. The normalized spacial score (nSPS) is 18.0. The minimum atomic E-state index is -0.0477. The van der Waals surface area contributed by atoms with Gasteiger partial charge in [-0.2, -0.15) is 0 Å². The Morgan fingerprint density at radius 1 is 1.03 bits per heavy atom. The largest absolute Gasteiger partial charge is 0.378 e. The summed E-state index contributed by atoms with van der Waals surface area (Å²) in [6.07, 6.45) is 3.19. The number of carbonyl (C=O) groups excluding carboxylic acids is 1. The summed E-state index contributed by atoms with van der Waals surface area (Å²) in [6.45, 7) is 9.66. The number of likely N-dealkylation sites (N-methyl/N-ethyl adjacent to an activating group) is 1. The van der Waals surface area contributed by atoms with Gasteiger partial charge >= 0.3 is 0 Å². The molecule has 0 spiro atoms. The molecule has 2 aromatic rings. The zero-order valence-electron chi connectivity index (χ0n) is 16.9. The highest BCUT2D eigenvalue weighted by atomic mass is 16.5. The Kier molecular flexibility index (Phi) is 6.21. The van der Waals surface area contributed by atoms with Crippen LogP contribution in [0.15, 0.2) is 36.7 Å². The molecule has 2 saturated heterocycles. The molecule has 0 aliphatic carbocycles. The van der Waals surface area contributed by atoms with Gasteiger partial charge in [0.1, 0.15) is 11.5 Å². The molecule has 0 atom stereocenters. The van der Waals surface area contributed by atoms with Crippen LogP contribution in [0.5, 0.6) is 0 Å². The van der Waals surface area contributed by atoms with Gasteiger partial charge in [-0.05, 0) is 18.7 Å². The van der Waals surface area contributed by atoms with E-state index in [4.69, 9.17) is 4.74 Å². The fraction of sp³-hybridized carbons (Fsp3) is 0.476. The van der Waals surface area contributed by atoms with Crippen molar-refractivity contribution in [2.45, 2.75) is 6.92 Å². The van der Waals surface area contributed by atoms with E-state index in [0.29, 0.717) is 11.5 Å². The summed E-state index contributed by atoms with van der Waals surface area (Å²) in [5.41, 5.74) is 2.48. The molecular weight excluding hydrogens is 368 g/mol. The Bertz CT molecular complexity index is 814. The average Bonchev–Trinajstić information content (AvgIpc) is 2.80. The summed E-state index contributed by atoms with van der Waals surface area (Å²) in [5, 5.41) is 3.34. The van der Waals surface area contributed by atoms with Crippen molar-refractivity contribution in [3.05, 3.63) is 42.4 Å². The number of nitrogens with zero attached hydrogens (tertiary/aromatic N) is 5. The fourth-order valence-corrected chi connectivity index (χ4v) is 3.73. The first-order valence-corrected chi connectivity index (χ1v) is 10.3. The van der Waals surface area contributed by atoms with Crippen molar-refractivity contribution in [2.75, 3.05) is 69.2 Å². The molecule has 1 N–H and O–H groups in total. The van der Waals surface area contributed by atoms with Crippen LogP contribution in [0.1, 0.15) is 17.4 Å². The highest BCUT2D eigenvalue weighted by Gasteiger charge is 2.22. The molecule has 2 fully saturated rings. The number of hydrogen-bond acceptors (Lipinski definition) is 7. The molecule has 0 unspecified atom stereocenters. The zero-order valence-corrected chi connectivity index (χ0v) is 16.9. The lowest BCUT2D eigenvalue weighted by Crippen LogP contribution is -2.48. The lowest BCUT2D eigenvalue weighted by molar-refractivity contribution is 0.0637. The predicted molar refractivity (Wildman–Crippen MR) is 113 cm³/mol. The van der Waals surface area contributed by atoms with Gasteiger partial charge in [-0.15, -0.1) is 0 Å². The summed E-state index contributed by atoms with van der Waals surface area (Å²) < 4.78 is 5.45. The number of piperazine rings is 1. The maximum Gasteiger partial charge on any atom is 0.274 e. The van der Waals surface area contributed by atoms with E-state index in [2.05, 4.69) is 38.1 Å². The molecule has 1 aromatic carbocycles. The van der Waals surface area contributed by atoms with E-state index < -0.39 is 0 Å². The molecule has 1 amide bonds. The Labute approximate surface area is 171 Å². The SMILES string of the molecule is CCN1CCN(C(=O)c2cnc(Nc3ccccc3N3CCOCC3)cn2)CC1. The second-order valence-electron chi connectivity index (χ2n) is 7.25. The molecule has 4 rings (SSSR count). The molecule has 29 heavy (non-hydrogen) atoms. The van der Waals surface area contributed by atoms with Crippen LogP contribution in [0.3, 0.4) is 0 Å². The smallest absolute Gasteiger partial charge is 0.274 e. The molecular formula is C21H28N6O2. The highest BCUT2D eigenvalue weighted by Crippen LogP contribution is 2.28. The van der Waals surface area contributed by atoms with Crippen LogP contribution in [-0.4, -0.2) is 84.7 Å². The topological polar surface area (TPSA) is 73.8 Å². The van der Waals surface area contributed by atoms with Gasteiger partial charge < -0.3 is 24.8 Å². The quantitative estimate of drug-likeness (QED) is 0.827. The summed E-state index contributed by atoms with van der Waals surface area (Å²) in [5.74, 6) is 0.576. The van der Waals surface area contributed by atoms with Crippen molar-refractivity contribution in [2.24, 2.45) is 0 Å². The molecule has 0 saturated carbocycles. The Hall–Kier alpha value is -2.71.